The molecule has 0 radical (unpaired) electrons. The van der Waals surface area contributed by atoms with Gasteiger partial charge in [-0.05, 0) is 62.9 Å². The topological polar surface area (TPSA) is 67.4 Å². The molecule has 1 heterocycles. The number of hydrogen-bond donors (Lipinski definition) is 2. The summed E-state index contributed by atoms with van der Waals surface area (Å²) in [4.78, 5) is 0.296. The maximum Gasteiger partial charge on any atom is 0.240 e. The Bertz CT molecular complexity index is 594. The predicted molar refractivity (Wildman–Crippen MR) is 80.9 cm³/mol. The summed E-state index contributed by atoms with van der Waals surface area (Å²) in [6, 6.07) is 6.54. The lowest BCUT2D eigenvalue weighted by atomic mass is 9.70. The summed E-state index contributed by atoms with van der Waals surface area (Å²) in [5.41, 5.74) is 0.186. The highest BCUT2D eigenvalue weighted by Gasteiger charge is 2.41. The minimum absolute atomic E-state index is 0.0265. The van der Waals surface area contributed by atoms with Gasteiger partial charge in [0.05, 0.1) is 12.0 Å². The second-order valence-corrected chi connectivity index (χ2v) is 7.76. The Labute approximate surface area is 126 Å². The molecule has 2 aliphatic rings. The molecule has 3 rings (SSSR count). The van der Waals surface area contributed by atoms with Crippen molar-refractivity contribution in [3.63, 3.8) is 0 Å². The smallest absolute Gasteiger partial charge is 0.240 e. The lowest BCUT2D eigenvalue weighted by Crippen LogP contribution is -2.59. The molecule has 1 spiro atoms. The normalized spacial score (nSPS) is 24.5. The monoisotopic (exact) mass is 310 g/mol. The number of nitrogens with one attached hydrogen (secondary N) is 2. The van der Waals surface area contributed by atoms with Gasteiger partial charge in [-0.1, -0.05) is 0 Å². The van der Waals surface area contributed by atoms with Crippen LogP contribution in [0.4, 0.5) is 0 Å². The molecule has 1 aliphatic heterocycles. The molecule has 2 fully saturated rings. The Morgan fingerprint density at radius 2 is 2.00 bits per heavy atom. The Balaban J connectivity index is 1.70. The molecule has 1 saturated heterocycles. The van der Waals surface area contributed by atoms with Gasteiger partial charge in [0, 0.05) is 11.6 Å². The Kier molecular flexibility index (Phi) is 3.94. The molecule has 0 bridgehead atoms. The average Bonchev–Trinajstić information content (AvgIpc) is 2.45. The first-order valence-corrected chi connectivity index (χ1v) is 8.93. The van der Waals surface area contributed by atoms with Crippen LogP contribution in [0.3, 0.4) is 0 Å². The molecule has 1 saturated carbocycles. The first-order chi connectivity index (χ1) is 10.0. The molecule has 5 nitrogen and oxygen atoms in total. The van der Waals surface area contributed by atoms with E-state index in [1.807, 2.05) is 0 Å². The average molecular weight is 310 g/mol. The molecule has 6 heteroatoms. The molecule has 1 aromatic rings. The van der Waals surface area contributed by atoms with Crippen LogP contribution in [0.1, 0.15) is 32.1 Å². The van der Waals surface area contributed by atoms with Gasteiger partial charge < -0.3 is 10.1 Å². The highest BCUT2D eigenvalue weighted by molar-refractivity contribution is 7.89. The van der Waals surface area contributed by atoms with E-state index in [1.165, 1.54) is 6.42 Å². The van der Waals surface area contributed by atoms with E-state index in [-0.39, 0.29) is 11.6 Å². The van der Waals surface area contributed by atoms with Gasteiger partial charge in [-0.15, -0.1) is 0 Å². The van der Waals surface area contributed by atoms with Crippen molar-refractivity contribution < 1.29 is 13.2 Å². The number of sulfonamides is 1. The molecular weight excluding hydrogens is 288 g/mol. The van der Waals surface area contributed by atoms with E-state index in [9.17, 15) is 8.42 Å². The second kappa shape index (κ2) is 5.59. The Hall–Kier alpha value is -1.11. The molecule has 116 valence electrons. The zero-order valence-electron chi connectivity index (χ0n) is 12.3. The van der Waals surface area contributed by atoms with E-state index in [4.69, 9.17) is 4.74 Å². The predicted octanol–water partition coefficient (Wildman–Crippen LogP) is 1.65. The first kappa shape index (κ1) is 14.8. The van der Waals surface area contributed by atoms with Crippen molar-refractivity contribution >= 4 is 10.0 Å². The number of hydrogen-bond acceptors (Lipinski definition) is 4. The van der Waals surface area contributed by atoms with Gasteiger partial charge in [-0.2, -0.15) is 0 Å². The van der Waals surface area contributed by atoms with Gasteiger partial charge >= 0.3 is 0 Å². The fraction of sp³-hybridized carbons (Fsp3) is 0.600. The van der Waals surface area contributed by atoms with Gasteiger partial charge in [0.25, 0.3) is 0 Å². The molecule has 1 atom stereocenters. The molecule has 0 amide bonds. The molecule has 0 aromatic heterocycles. The molecule has 21 heavy (non-hydrogen) atoms. The third-order valence-electron chi connectivity index (χ3n) is 4.63. The van der Waals surface area contributed by atoms with Crippen LogP contribution in [0.5, 0.6) is 5.75 Å². The van der Waals surface area contributed by atoms with Crippen LogP contribution in [0.25, 0.3) is 0 Å². The van der Waals surface area contributed by atoms with Crippen LogP contribution in [-0.2, 0) is 10.0 Å². The van der Waals surface area contributed by atoms with Gasteiger partial charge in [0.15, 0.2) is 0 Å². The zero-order valence-corrected chi connectivity index (χ0v) is 13.1. The van der Waals surface area contributed by atoms with Crippen LogP contribution >= 0.6 is 0 Å². The lowest BCUT2D eigenvalue weighted by molar-refractivity contribution is 0.126. The van der Waals surface area contributed by atoms with Crippen molar-refractivity contribution in [3.8, 4) is 5.75 Å². The van der Waals surface area contributed by atoms with Crippen molar-refractivity contribution in [2.24, 2.45) is 0 Å². The summed E-state index contributed by atoms with van der Waals surface area (Å²) in [7, 11) is -1.89. The molecule has 2 N–H and O–H groups in total. The summed E-state index contributed by atoms with van der Waals surface area (Å²) < 4.78 is 32.8. The van der Waals surface area contributed by atoms with Gasteiger partial charge in [-0.3, -0.25) is 0 Å². The molecular formula is C15H22N2O3S. The largest absolute Gasteiger partial charge is 0.497 e. The lowest BCUT2D eigenvalue weighted by Gasteiger charge is -2.48. The third-order valence-corrected chi connectivity index (χ3v) is 6.17. The van der Waals surface area contributed by atoms with Gasteiger partial charge in [-0.25, -0.2) is 13.1 Å². The van der Waals surface area contributed by atoms with Crippen molar-refractivity contribution in [2.75, 3.05) is 13.7 Å². The number of benzene rings is 1. The maximum atomic E-state index is 12.4. The van der Waals surface area contributed by atoms with Crippen molar-refractivity contribution in [3.05, 3.63) is 24.3 Å². The van der Waals surface area contributed by atoms with E-state index < -0.39 is 10.0 Å². The molecule has 1 aromatic carbocycles. The van der Waals surface area contributed by atoms with E-state index in [1.54, 1.807) is 31.4 Å². The zero-order chi connectivity index (χ0) is 14.9. The number of rotatable bonds is 4. The second-order valence-electron chi connectivity index (χ2n) is 6.05. The summed E-state index contributed by atoms with van der Waals surface area (Å²) in [6.07, 6.45) is 5.30. The van der Waals surface area contributed by atoms with Crippen molar-refractivity contribution in [1.29, 1.82) is 0 Å². The van der Waals surface area contributed by atoms with Crippen molar-refractivity contribution in [2.45, 2.75) is 48.6 Å². The fourth-order valence-electron chi connectivity index (χ4n) is 3.28. The van der Waals surface area contributed by atoms with Crippen LogP contribution in [0.2, 0.25) is 0 Å². The molecule has 1 aliphatic carbocycles. The highest BCUT2D eigenvalue weighted by atomic mass is 32.2. The SMILES string of the molecule is COc1ccc(S(=O)(=O)NC2CCNC3(CCC3)C2)cc1. The summed E-state index contributed by atoms with van der Waals surface area (Å²) >= 11 is 0. The van der Waals surface area contributed by atoms with E-state index >= 15 is 0 Å². The Morgan fingerprint density at radius 3 is 2.57 bits per heavy atom. The fourth-order valence-corrected chi connectivity index (χ4v) is 4.56. The van der Waals surface area contributed by atoms with E-state index in [2.05, 4.69) is 10.0 Å². The standard InChI is InChI=1S/C15H22N2O3S/c1-20-13-3-5-14(6-4-13)21(18,19)17-12-7-10-16-15(11-12)8-2-9-15/h3-6,12,16-17H,2,7-11H2,1H3. The van der Waals surface area contributed by atoms with Crippen LogP contribution in [0.15, 0.2) is 29.2 Å². The van der Waals surface area contributed by atoms with Crippen molar-refractivity contribution in [1.82, 2.24) is 10.0 Å². The van der Waals surface area contributed by atoms with Crippen LogP contribution in [-0.4, -0.2) is 33.7 Å². The van der Waals surface area contributed by atoms with Crippen LogP contribution in [0, 0.1) is 0 Å². The minimum atomic E-state index is -3.45. The third kappa shape index (κ3) is 3.07. The summed E-state index contributed by atoms with van der Waals surface area (Å²) in [6.45, 7) is 0.885. The van der Waals surface area contributed by atoms with Gasteiger partial charge in [0.1, 0.15) is 5.75 Å². The van der Waals surface area contributed by atoms with Crippen LogP contribution < -0.4 is 14.8 Å². The Morgan fingerprint density at radius 1 is 1.29 bits per heavy atom. The maximum absolute atomic E-state index is 12.4. The molecule has 1 unspecified atom stereocenters. The highest BCUT2D eigenvalue weighted by Crippen LogP contribution is 2.38. The number of methoxy groups -OCH3 is 1. The van der Waals surface area contributed by atoms with E-state index in [0.29, 0.717) is 10.6 Å². The summed E-state index contributed by atoms with van der Waals surface area (Å²) in [5.74, 6) is 0.657. The van der Waals surface area contributed by atoms with E-state index in [0.717, 1.165) is 32.2 Å². The quantitative estimate of drug-likeness (QED) is 0.887. The number of ether oxygens (including phenoxy) is 1. The number of piperidine rings is 1. The summed E-state index contributed by atoms with van der Waals surface area (Å²) in [5, 5.41) is 3.55. The van der Waals surface area contributed by atoms with Gasteiger partial charge in [0.2, 0.25) is 10.0 Å². The first-order valence-electron chi connectivity index (χ1n) is 7.44. The minimum Gasteiger partial charge on any atom is -0.497 e.